The number of aromatic nitrogens is 3. The summed E-state index contributed by atoms with van der Waals surface area (Å²) in [5.74, 6) is -2.70. The normalized spacial score (nSPS) is 24.7. The van der Waals surface area contributed by atoms with Gasteiger partial charge in [0.25, 0.3) is 5.60 Å². The van der Waals surface area contributed by atoms with Gasteiger partial charge < -0.3 is 39.1 Å². The molecule has 1 aliphatic heterocycles. The second-order valence-corrected chi connectivity index (χ2v) is 10.1. The predicted octanol–water partition coefficient (Wildman–Crippen LogP) is 1.93. The molecule has 1 saturated heterocycles. The number of carbonyl (C=O) groups excluding carboxylic acids is 3. The lowest BCUT2D eigenvalue weighted by Gasteiger charge is -2.31. The Morgan fingerprint density at radius 3 is 2.33 bits per heavy atom. The third kappa shape index (κ3) is 4.73. The molecule has 0 bridgehead atoms. The number of methoxy groups -OCH3 is 1. The van der Waals surface area contributed by atoms with E-state index in [1.165, 1.54) is 56.0 Å². The minimum Gasteiger partial charge on any atom is -0.465 e. The van der Waals surface area contributed by atoms with E-state index in [0.717, 1.165) is 0 Å². The quantitative estimate of drug-likeness (QED) is 0.149. The number of anilines is 1. The summed E-state index contributed by atoms with van der Waals surface area (Å²) in [6.45, 7) is 2.85. The Labute approximate surface area is 243 Å². The number of nitrogens with two attached hydrogens (primary N) is 1. The average molecular weight is 607 g/mol. The summed E-state index contributed by atoms with van der Waals surface area (Å²) in [4.78, 5) is 46.5. The molecule has 3 aromatic rings. The zero-order valence-electron chi connectivity index (χ0n) is 22.8. The van der Waals surface area contributed by atoms with Crippen molar-refractivity contribution in [2.75, 3.05) is 26.1 Å². The number of carbonyl (C=O) groups is 3. The van der Waals surface area contributed by atoms with E-state index in [-0.39, 0.29) is 35.5 Å². The first-order valence-electron chi connectivity index (χ1n) is 13.0. The van der Waals surface area contributed by atoms with Gasteiger partial charge in [0.2, 0.25) is 5.28 Å². The highest BCUT2D eigenvalue weighted by molar-refractivity contribution is 6.28. The fourth-order valence-electron chi connectivity index (χ4n) is 5.11. The van der Waals surface area contributed by atoms with Crippen molar-refractivity contribution in [1.29, 1.82) is 0 Å². The maximum absolute atomic E-state index is 15.9. The first-order valence-corrected chi connectivity index (χ1v) is 13.4. The molecule has 3 N–H and O–H groups in total. The van der Waals surface area contributed by atoms with Gasteiger partial charge in [-0.05, 0) is 49.2 Å². The van der Waals surface area contributed by atoms with E-state index in [9.17, 15) is 19.5 Å². The van der Waals surface area contributed by atoms with E-state index in [4.69, 9.17) is 41.0 Å². The topological polar surface area (TPSA) is 174 Å². The highest BCUT2D eigenvalue weighted by Crippen LogP contribution is 2.58. The van der Waals surface area contributed by atoms with Crippen molar-refractivity contribution in [2.24, 2.45) is 0 Å². The molecule has 13 nitrogen and oxygen atoms in total. The van der Waals surface area contributed by atoms with Crippen molar-refractivity contribution in [1.82, 2.24) is 14.5 Å². The van der Waals surface area contributed by atoms with Crippen molar-refractivity contribution in [2.45, 2.75) is 56.1 Å². The van der Waals surface area contributed by atoms with Gasteiger partial charge >= 0.3 is 17.9 Å². The second-order valence-electron chi connectivity index (χ2n) is 9.75. The average Bonchev–Trinajstić information content (AvgIpc) is 3.20. The number of nitrogen functional groups attached to an aromatic ring is 1. The number of esters is 3. The molecule has 5 rings (SSSR count). The molecule has 3 heterocycles. The lowest BCUT2D eigenvalue weighted by molar-refractivity contribution is -0.201. The maximum atomic E-state index is 15.9. The zero-order chi connectivity index (χ0) is 30.4. The number of hydrogen-bond donors (Lipinski definition) is 2. The van der Waals surface area contributed by atoms with E-state index in [1.54, 1.807) is 6.07 Å². The van der Waals surface area contributed by atoms with Crippen LogP contribution in [0.3, 0.4) is 0 Å². The van der Waals surface area contributed by atoms with Gasteiger partial charge in [-0.1, -0.05) is 12.1 Å². The number of alkyl halides is 1. The SMILES string of the molecule is CCOC(=O)C(Cc1ccc(C(=O)OC)cc1)(OC1[C@H]2O[C@@H](n3ccc4c(N)nc(Cl)nc43)[C@@H](F)[C@@]12O)C(=O)OCC. The standard InChI is InChI=1S/C27H28ClFN4O9/c1-4-39-23(35)26(24(36)40-5-2,12-13-6-8-14(9-7-13)22(34)38-3)42-18-17-27(18,37)16(29)21(41-17)33-11-10-15-19(30)31-25(28)32-20(15)33/h6-11,16-18,21,37H,4-5,12H2,1-3H3,(H2,30,31,32)/t16-,17-,18?,21-,27+/m1/s1. The fraction of sp³-hybridized carbons (Fsp3) is 0.444. The predicted molar refractivity (Wildman–Crippen MR) is 143 cm³/mol. The molecular weight excluding hydrogens is 579 g/mol. The van der Waals surface area contributed by atoms with Gasteiger partial charge in [-0.2, -0.15) is 4.98 Å². The van der Waals surface area contributed by atoms with Gasteiger partial charge in [0, 0.05) is 12.6 Å². The van der Waals surface area contributed by atoms with Crippen LogP contribution >= 0.6 is 11.6 Å². The monoisotopic (exact) mass is 606 g/mol. The summed E-state index contributed by atoms with van der Waals surface area (Å²) in [5, 5.41) is 11.6. The molecule has 2 aliphatic rings. The lowest BCUT2D eigenvalue weighted by Crippen LogP contribution is -2.55. The molecule has 42 heavy (non-hydrogen) atoms. The number of ether oxygens (including phenoxy) is 5. The van der Waals surface area contributed by atoms with Crippen molar-refractivity contribution >= 4 is 46.4 Å². The summed E-state index contributed by atoms with van der Waals surface area (Å²) < 4.78 is 44.2. The summed E-state index contributed by atoms with van der Waals surface area (Å²) in [7, 11) is 1.23. The second kappa shape index (κ2) is 11.1. The van der Waals surface area contributed by atoms with Gasteiger partial charge in [0.05, 0.1) is 31.3 Å². The number of halogens is 2. The van der Waals surface area contributed by atoms with Gasteiger partial charge in [-0.25, -0.2) is 23.8 Å². The van der Waals surface area contributed by atoms with E-state index in [1.807, 2.05) is 0 Å². The van der Waals surface area contributed by atoms with Crippen LogP contribution in [0.2, 0.25) is 5.28 Å². The highest BCUT2D eigenvalue weighted by Gasteiger charge is 2.80. The Balaban J connectivity index is 1.45. The summed E-state index contributed by atoms with van der Waals surface area (Å²) in [6, 6.07) is 7.42. The molecule has 0 amide bonds. The summed E-state index contributed by atoms with van der Waals surface area (Å²) in [5.41, 5.74) is 2.02. The number of fused-ring (bicyclic) bond motifs is 2. The number of aliphatic hydroxyl groups is 1. The fourth-order valence-corrected chi connectivity index (χ4v) is 5.28. The number of hydrogen-bond acceptors (Lipinski definition) is 12. The summed E-state index contributed by atoms with van der Waals surface area (Å²) >= 11 is 5.94. The van der Waals surface area contributed by atoms with Crippen LogP contribution in [0.4, 0.5) is 10.2 Å². The van der Waals surface area contributed by atoms with Crippen LogP contribution in [0, 0.1) is 0 Å². The van der Waals surface area contributed by atoms with Crippen LogP contribution in [-0.4, -0.2) is 87.5 Å². The van der Waals surface area contributed by atoms with Crippen LogP contribution in [0.15, 0.2) is 36.5 Å². The van der Waals surface area contributed by atoms with Crippen molar-refractivity contribution in [3.8, 4) is 0 Å². The van der Waals surface area contributed by atoms with E-state index in [2.05, 4.69) is 9.97 Å². The Kier molecular flexibility index (Phi) is 7.83. The number of benzene rings is 1. The van der Waals surface area contributed by atoms with E-state index < -0.39 is 60.1 Å². The molecule has 0 radical (unpaired) electrons. The molecule has 2 aromatic heterocycles. The smallest absolute Gasteiger partial charge is 0.350 e. The summed E-state index contributed by atoms with van der Waals surface area (Å²) in [6.07, 6.45) is -5.10. The van der Waals surface area contributed by atoms with Crippen LogP contribution < -0.4 is 5.73 Å². The van der Waals surface area contributed by atoms with E-state index >= 15 is 4.39 Å². The van der Waals surface area contributed by atoms with Crippen molar-refractivity contribution < 1.29 is 47.6 Å². The van der Waals surface area contributed by atoms with Gasteiger partial charge in [0.1, 0.15) is 23.7 Å². The van der Waals surface area contributed by atoms with Gasteiger partial charge in [-0.15, -0.1) is 0 Å². The van der Waals surface area contributed by atoms with Crippen molar-refractivity contribution in [3.05, 3.63) is 52.9 Å². The molecule has 1 aliphatic carbocycles. The van der Waals surface area contributed by atoms with E-state index in [0.29, 0.717) is 10.9 Å². The third-order valence-electron chi connectivity index (χ3n) is 7.27. The number of rotatable bonds is 10. The minimum atomic E-state index is -2.43. The number of nitrogens with zero attached hydrogens (tertiary/aromatic N) is 3. The van der Waals surface area contributed by atoms with Crippen LogP contribution in [-0.2, 0) is 39.7 Å². The van der Waals surface area contributed by atoms with Crippen molar-refractivity contribution in [3.63, 3.8) is 0 Å². The molecule has 1 aromatic carbocycles. The third-order valence-corrected chi connectivity index (χ3v) is 7.44. The van der Waals surface area contributed by atoms with Crippen LogP contribution in [0.25, 0.3) is 11.0 Å². The molecule has 1 unspecified atom stereocenters. The molecular formula is C27H28ClFN4O9. The Hall–Kier alpha value is -3.85. The lowest BCUT2D eigenvalue weighted by atomic mass is 9.93. The molecule has 5 atom stereocenters. The van der Waals surface area contributed by atoms with Crippen LogP contribution in [0.5, 0.6) is 0 Å². The molecule has 2 fully saturated rings. The van der Waals surface area contributed by atoms with Crippen LogP contribution in [0.1, 0.15) is 36.0 Å². The maximum Gasteiger partial charge on any atom is 0.350 e. The largest absolute Gasteiger partial charge is 0.465 e. The molecule has 1 saturated carbocycles. The first kappa shape index (κ1) is 29.6. The Bertz CT molecular complexity index is 1520. The molecule has 224 valence electrons. The zero-order valence-corrected chi connectivity index (χ0v) is 23.5. The molecule has 0 spiro atoms. The van der Waals surface area contributed by atoms with Gasteiger partial charge in [0.15, 0.2) is 18.0 Å². The van der Waals surface area contributed by atoms with Gasteiger partial charge in [-0.3, -0.25) is 0 Å². The Morgan fingerprint density at radius 1 is 1.14 bits per heavy atom. The minimum absolute atomic E-state index is 0.0792. The highest BCUT2D eigenvalue weighted by atomic mass is 35.5. The Morgan fingerprint density at radius 2 is 1.79 bits per heavy atom. The first-order chi connectivity index (χ1) is 20.0. The molecule has 15 heteroatoms.